The Morgan fingerprint density at radius 3 is 1.26 bits per heavy atom. The molecule has 0 aromatic heterocycles. The van der Waals surface area contributed by atoms with Gasteiger partial charge in [0.1, 0.15) is 28.7 Å². The fraction of sp³-hybridized carbons (Fsp3) is 0.212. The van der Waals surface area contributed by atoms with Crippen molar-refractivity contribution >= 4 is 29.5 Å². The summed E-state index contributed by atoms with van der Waals surface area (Å²) in [6.45, 7) is 23.4. The largest absolute Gasteiger partial charge is 0.461 e. The van der Waals surface area contributed by atoms with E-state index in [4.69, 9.17) is 23.7 Å². The number of ether oxygens (including phenoxy) is 5. The lowest BCUT2D eigenvalue weighted by molar-refractivity contribution is -0.131. The first kappa shape index (κ1) is 34.0. The zero-order valence-corrected chi connectivity index (χ0v) is 25.0. The van der Waals surface area contributed by atoms with Crippen LogP contribution in [0.4, 0.5) is 0 Å². The van der Waals surface area contributed by atoms with Crippen LogP contribution in [-0.2, 0) is 19.2 Å². The fourth-order valence-corrected chi connectivity index (χ4v) is 3.00. The average molecular weight is 591 g/mol. The van der Waals surface area contributed by atoms with Crippen LogP contribution in [0.15, 0.2) is 90.6 Å². The number of carbonyl (C=O) groups is 4. The smallest absolute Gasteiger partial charge is 0.339 e. The van der Waals surface area contributed by atoms with Crippen molar-refractivity contribution in [1.29, 1.82) is 0 Å². The summed E-state index contributed by atoms with van der Waals surface area (Å²) in [5, 5.41) is 10.1. The van der Waals surface area contributed by atoms with Crippen molar-refractivity contribution in [1.82, 2.24) is 0 Å². The van der Waals surface area contributed by atoms with Crippen LogP contribution in [0.3, 0.4) is 0 Å². The molecular formula is C33H34O10. The Labute approximate surface area is 250 Å². The highest BCUT2D eigenvalue weighted by molar-refractivity contribution is 5.98. The van der Waals surface area contributed by atoms with Crippen LogP contribution in [0, 0.1) is 0 Å². The second kappa shape index (κ2) is 14.6. The molecule has 10 heteroatoms. The number of esters is 4. The molecule has 0 heterocycles. The van der Waals surface area contributed by atoms with Gasteiger partial charge in [-0.3, -0.25) is 0 Å². The number of hydrogen-bond donors (Lipinski definition) is 1. The molecule has 0 aliphatic heterocycles. The molecule has 0 bridgehead atoms. The van der Waals surface area contributed by atoms with E-state index >= 15 is 0 Å². The molecule has 0 spiro atoms. The highest BCUT2D eigenvalue weighted by Crippen LogP contribution is 2.32. The van der Waals surface area contributed by atoms with Crippen LogP contribution >= 0.6 is 0 Å². The summed E-state index contributed by atoms with van der Waals surface area (Å²) in [7, 11) is 0. The Kier molecular flexibility index (Phi) is 11.5. The molecule has 1 unspecified atom stereocenters. The molecule has 0 fully saturated rings. The van der Waals surface area contributed by atoms with E-state index in [0.717, 1.165) is 0 Å². The van der Waals surface area contributed by atoms with Gasteiger partial charge in [-0.05, 0) is 70.4 Å². The van der Waals surface area contributed by atoms with Gasteiger partial charge in [-0.15, -0.1) is 0 Å². The molecule has 0 radical (unpaired) electrons. The van der Waals surface area contributed by atoms with Crippen LogP contribution in [0.1, 0.15) is 47.1 Å². The summed E-state index contributed by atoms with van der Waals surface area (Å²) in [5.74, 6) is -2.98. The highest BCUT2D eigenvalue weighted by atomic mass is 16.6. The zero-order chi connectivity index (χ0) is 32.6. The van der Waals surface area contributed by atoms with Gasteiger partial charge in [0, 0.05) is 46.6 Å². The number of aliphatic hydroxyl groups excluding tert-OH is 1. The Morgan fingerprint density at radius 2 is 0.884 bits per heavy atom. The average Bonchev–Trinajstić information content (AvgIpc) is 2.91. The minimum Gasteiger partial charge on any atom is -0.461 e. The summed E-state index contributed by atoms with van der Waals surface area (Å²) >= 11 is 0. The van der Waals surface area contributed by atoms with Gasteiger partial charge in [-0.25, -0.2) is 19.2 Å². The number of rotatable bonds is 12. The van der Waals surface area contributed by atoms with Gasteiger partial charge in [0.15, 0.2) is 0 Å². The monoisotopic (exact) mass is 590 g/mol. The normalized spacial score (nSPS) is 11.7. The third-order valence-corrected chi connectivity index (χ3v) is 5.59. The lowest BCUT2D eigenvalue weighted by Crippen LogP contribution is -2.16. The standard InChI is InChI=1S/C33H34O10/c1-17(2)29(34)39-24-11-23(12-25(13-24)40-30(35)18(3)4)21(9)22(10)33(38)43-28-15-26(41-31(36)19(5)6)14-27(16-28)42-32(37)20(7)8/h11-16,29,34H,1,3,5,7H2,2,4,6,8-10H3/b22-21+. The van der Waals surface area contributed by atoms with Gasteiger partial charge in [-0.1, -0.05) is 26.3 Å². The van der Waals surface area contributed by atoms with Gasteiger partial charge in [0.25, 0.3) is 0 Å². The lowest BCUT2D eigenvalue weighted by atomic mass is 10.0. The maximum atomic E-state index is 13.2. The number of hydrogen-bond acceptors (Lipinski definition) is 10. The topological polar surface area (TPSA) is 135 Å². The molecule has 2 rings (SSSR count). The maximum Gasteiger partial charge on any atom is 0.339 e. The van der Waals surface area contributed by atoms with E-state index in [0.29, 0.717) is 16.7 Å². The van der Waals surface area contributed by atoms with Crippen molar-refractivity contribution in [2.75, 3.05) is 0 Å². The second-order valence-corrected chi connectivity index (χ2v) is 9.80. The van der Waals surface area contributed by atoms with Crippen LogP contribution in [0.5, 0.6) is 28.7 Å². The first-order valence-electron chi connectivity index (χ1n) is 12.8. The summed E-state index contributed by atoms with van der Waals surface area (Å²) in [6.07, 6.45) is -1.34. The molecule has 0 aliphatic carbocycles. The van der Waals surface area contributed by atoms with Crippen LogP contribution < -0.4 is 23.7 Å². The molecule has 0 saturated carbocycles. The molecule has 0 saturated heterocycles. The Hall–Kier alpha value is -5.22. The van der Waals surface area contributed by atoms with Crippen molar-refractivity contribution in [3.8, 4) is 28.7 Å². The molecule has 1 atom stereocenters. The maximum absolute atomic E-state index is 13.2. The molecule has 0 amide bonds. The van der Waals surface area contributed by atoms with E-state index in [1.807, 2.05) is 0 Å². The molecule has 2 aromatic rings. The van der Waals surface area contributed by atoms with Crippen molar-refractivity contribution in [3.05, 3.63) is 96.1 Å². The Bertz CT molecular complexity index is 1510. The SMILES string of the molecule is C=C(C)C(=O)Oc1cc(OC(=O)C(=C)C)cc(OC(=O)/C(C)=C(\C)c2cc(OC(=O)C(=C)C)cc(OC(O)C(=C)C)c2)c1. The van der Waals surface area contributed by atoms with Gasteiger partial charge in [-0.2, -0.15) is 0 Å². The quantitative estimate of drug-likeness (QED) is 0.106. The number of aliphatic hydroxyl groups is 1. The number of carbonyl (C=O) groups excluding carboxylic acids is 4. The summed E-state index contributed by atoms with van der Waals surface area (Å²) in [6, 6.07) is 8.22. The summed E-state index contributed by atoms with van der Waals surface area (Å²) < 4.78 is 26.9. The van der Waals surface area contributed by atoms with Crippen molar-refractivity contribution < 1.29 is 48.0 Å². The Morgan fingerprint density at radius 1 is 0.558 bits per heavy atom. The van der Waals surface area contributed by atoms with Gasteiger partial charge >= 0.3 is 23.9 Å². The molecule has 10 nitrogen and oxygen atoms in total. The zero-order valence-electron chi connectivity index (χ0n) is 25.0. The van der Waals surface area contributed by atoms with Gasteiger partial charge in [0.05, 0.1) is 0 Å². The molecule has 2 aromatic carbocycles. The first-order valence-corrected chi connectivity index (χ1v) is 12.8. The van der Waals surface area contributed by atoms with Crippen LogP contribution in [-0.4, -0.2) is 35.3 Å². The molecule has 1 N–H and O–H groups in total. The van der Waals surface area contributed by atoms with Crippen molar-refractivity contribution in [2.45, 2.75) is 47.8 Å². The Balaban J connectivity index is 2.50. The van der Waals surface area contributed by atoms with E-state index in [1.165, 1.54) is 64.1 Å². The second-order valence-electron chi connectivity index (χ2n) is 9.80. The van der Waals surface area contributed by atoms with Crippen molar-refractivity contribution in [3.63, 3.8) is 0 Å². The van der Waals surface area contributed by atoms with E-state index in [1.54, 1.807) is 13.8 Å². The first-order chi connectivity index (χ1) is 20.0. The third-order valence-electron chi connectivity index (χ3n) is 5.59. The minimum absolute atomic E-state index is 0.0638. The van der Waals surface area contributed by atoms with Crippen molar-refractivity contribution in [2.24, 2.45) is 0 Å². The van der Waals surface area contributed by atoms with Gasteiger partial charge in [0.2, 0.25) is 6.29 Å². The van der Waals surface area contributed by atoms with E-state index in [2.05, 4.69) is 26.3 Å². The molecule has 0 aliphatic rings. The van der Waals surface area contributed by atoms with E-state index in [-0.39, 0.29) is 51.0 Å². The highest BCUT2D eigenvalue weighted by Gasteiger charge is 2.19. The number of allylic oxidation sites excluding steroid dienone is 1. The predicted octanol–water partition coefficient (Wildman–Crippen LogP) is 5.80. The summed E-state index contributed by atoms with van der Waals surface area (Å²) in [4.78, 5) is 49.5. The summed E-state index contributed by atoms with van der Waals surface area (Å²) in [5.41, 5.74) is 1.69. The van der Waals surface area contributed by atoms with E-state index in [9.17, 15) is 24.3 Å². The van der Waals surface area contributed by atoms with Gasteiger partial charge < -0.3 is 28.8 Å². The molecule has 226 valence electrons. The lowest BCUT2D eigenvalue weighted by Gasteiger charge is -2.17. The third kappa shape index (κ3) is 9.98. The predicted molar refractivity (Wildman–Crippen MR) is 160 cm³/mol. The van der Waals surface area contributed by atoms with E-state index < -0.39 is 30.2 Å². The van der Waals surface area contributed by atoms with Crippen LogP contribution in [0.25, 0.3) is 5.57 Å². The minimum atomic E-state index is -1.34. The molecule has 43 heavy (non-hydrogen) atoms. The number of benzene rings is 2. The van der Waals surface area contributed by atoms with Crippen LogP contribution in [0.2, 0.25) is 0 Å². The fourth-order valence-electron chi connectivity index (χ4n) is 3.00. The molecular weight excluding hydrogens is 556 g/mol.